The molecule has 1 aliphatic carbocycles. The fourth-order valence-electron chi connectivity index (χ4n) is 3.61. The number of amides is 2. The summed E-state index contributed by atoms with van der Waals surface area (Å²) in [5, 5.41) is 3.06. The number of rotatable bonds is 6. The highest BCUT2D eigenvalue weighted by atomic mass is 16.5. The molecule has 0 bridgehead atoms. The molecule has 6 heteroatoms. The monoisotopic (exact) mass is 319 g/mol. The molecule has 0 spiro atoms. The van der Waals surface area contributed by atoms with E-state index in [1.165, 1.54) is 0 Å². The smallest absolute Gasteiger partial charge is 0.270 e. The van der Waals surface area contributed by atoms with Gasteiger partial charge in [0.15, 0.2) is 0 Å². The van der Waals surface area contributed by atoms with E-state index in [0.717, 1.165) is 25.7 Å². The molecule has 0 aromatic carbocycles. The summed E-state index contributed by atoms with van der Waals surface area (Å²) in [5.74, 6) is 0.308. The zero-order chi connectivity index (χ0) is 16.2. The van der Waals surface area contributed by atoms with Gasteiger partial charge in [-0.15, -0.1) is 0 Å². The number of hydrogen-bond acceptors (Lipinski definition) is 3. The first kappa shape index (κ1) is 16.1. The fourth-order valence-corrected chi connectivity index (χ4v) is 3.61. The zero-order valence-electron chi connectivity index (χ0n) is 13.7. The maximum absolute atomic E-state index is 12.6. The Morgan fingerprint density at radius 1 is 1.39 bits per heavy atom. The summed E-state index contributed by atoms with van der Waals surface area (Å²) in [6.07, 6.45) is 6.20. The van der Waals surface area contributed by atoms with Crippen molar-refractivity contribution in [3.8, 4) is 0 Å². The van der Waals surface area contributed by atoms with Crippen molar-refractivity contribution in [2.45, 2.75) is 38.3 Å². The number of nitrogens with one attached hydrogen (secondary N) is 1. The summed E-state index contributed by atoms with van der Waals surface area (Å²) in [4.78, 5) is 26.7. The van der Waals surface area contributed by atoms with Crippen LogP contribution in [0.2, 0.25) is 0 Å². The van der Waals surface area contributed by atoms with E-state index in [9.17, 15) is 9.59 Å². The molecule has 1 aliphatic heterocycles. The summed E-state index contributed by atoms with van der Waals surface area (Å²) in [6, 6.07) is 3.71. The molecule has 2 amide bonds. The van der Waals surface area contributed by atoms with Crippen LogP contribution in [-0.4, -0.2) is 54.1 Å². The molecule has 1 fully saturated rings. The van der Waals surface area contributed by atoms with Gasteiger partial charge in [0.25, 0.3) is 5.91 Å². The van der Waals surface area contributed by atoms with Crippen molar-refractivity contribution in [3.63, 3.8) is 0 Å². The molecule has 1 N–H and O–H groups in total. The molecule has 1 unspecified atom stereocenters. The first-order valence-electron chi connectivity index (χ1n) is 8.43. The maximum Gasteiger partial charge on any atom is 0.270 e. The highest BCUT2D eigenvalue weighted by Crippen LogP contribution is 2.25. The zero-order valence-corrected chi connectivity index (χ0v) is 13.7. The van der Waals surface area contributed by atoms with Crippen LogP contribution in [0.15, 0.2) is 18.3 Å². The van der Waals surface area contributed by atoms with E-state index in [0.29, 0.717) is 31.9 Å². The van der Waals surface area contributed by atoms with Crippen molar-refractivity contribution < 1.29 is 14.3 Å². The van der Waals surface area contributed by atoms with Crippen molar-refractivity contribution >= 4 is 11.8 Å². The van der Waals surface area contributed by atoms with E-state index in [1.807, 2.05) is 27.8 Å². The van der Waals surface area contributed by atoms with Crippen molar-refractivity contribution in [1.29, 1.82) is 0 Å². The lowest BCUT2D eigenvalue weighted by Crippen LogP contribution is -2.54. The average molecular weight is 319 g/mol. The number of fused-ring (bicyclic) bond motifs is 1. The molecule has 0 radical (unpaired) electrons. The van der Waals surface area contributed by atoms with Crippen LogP contribution in [0, 0.1) is 5.92 Å². The average Bonchev–Trinajstić information content (AvgIpc) is 3.23. The van der Waals surface area contributed by atoms with Gasteiger partial charge in [-0.3, -0.25) is 9.59 Å². The number of aromatic nitrogens is 1. The van der Waals surface area contributed by atoms with Gasteiger partial charge >= 0.3 is 0 Å². The number of carbonyl (C=O) groups excluding carboxylic acids is 2. The van der Waals surface area contributed by atoms with E-state index in [4.69, 9.17) is 4.74 Å². The van der Waals surface area contributed by atoms with Crippen LogP contribution in [0.1, 0.15) is 36.2 Å². The maximum atomic E-state index is 12.6. The van der Waals surface area contributed by atoms with Crippen molar-refractivity contribution in [1.82, 2.24) is 14.8 Å². The molecule has 1 atom stereocenters. The lowest BCUT2D eigenvalue weighted by molar-refractivity contribution is -0.125. The summed E-state index contributed by atoms with van der Waals surface area (Å²) in [5.41, 5.74) is 0.708. The summed E-state index contributed by atoms with van der Waals surface area (Å²) < 4.78 is 7.10. The van der Waals surface area contributed by atoms with E-state index < -0.39 is 0 Å². The van der Waals surface area contributed by atoms with Gasteiger partial charge in [-0.1, -0.05) is 12.8 Å². The third-order valence-corrected chi connectivity index (χ3v) is 4.93. The Labute approximate surface area is 136 Å². The third kappa shape index (κ3) is 3.42. The topological polar surface area (TPSA) is 63.6 Å². The Balaban J connectivity index is 1.65. The molecule has 1 saturated carbocycles. The second-order valence-corrected chi connectivity index (χ2v) is 6.42. The Bertz CT molecular complexity index is 563. The SMILES string of the molecule is COCCN1C(=O)c2cccn2CC1CNC(=O)C1CCCC1. The first-order chi connectivity index (χ1) is 11.2. The van der Waals surface area contributed by atoms with Gasteiger partial charge < -0.3 is 19.5 Å². The van der Waals surface area contributed by atoms with Crippen LogP contribution in [0.4, 0.5) is 0 Å². The predicted molar refractivity (Wildman–Crippen MR) is 86.1 cm³/mol. The highest BCUT2D eigenvalue weighted by molar-refractivity contribution is 5.93. The van der Waals surface area contributed by atoms with Gasteiger partial charge in [0.05, 0.1) is 12.6 Å². The van der Waals surface area contributed by atoms with Crippen molar-refractivity contribution in [3.05, 3.63) is 24.0 Å². The largest absolute Gasteiger partial charge is 0.383 e. The van der Waals surface area contributed by atoms with Gasteiger partial charge in [-0.25, -0.2) is 0 Å². The summed E-state index contributed by atoms with van der Waals surface area (Å²) in [7, 11) is 1.63. The molecular weight excluding hydrogens is 294 g/mol. The normalized spacial score (nSPS) is 21.5. The predicted octanol–water partition coefficient (Wildman–Crippen LogP) is 1.27. The van der Waals surface area contributed by atoms with Gasteiger partial charge in [0.1, 0.15) is 5.69 Å². The first-order valence-corrected chi connectivity index (χ1v) is 8.43. The molecule has 3 rings (SSSR count). The number of ether oxygens (including phenoxy) is 1. The molecule has 6 nitrogen and oxygen atoms in total. The van der Waals surface area contributed by atoms with E-state index >= 15 is 0 Å². The van der Waals surface area contributed by atoms with Gasteiger partial charge in [-0.05, 0) is 25.0 Å². The van der Waals surface area contributed by atoms with Crippen LogP contribution in [0.25, 0.3) is 0 Å². The Morgan fingerprint density at radius 3 is 2.91 bits per heavy atom. The number of methoxy groups -OCH3 is 1. The van der Waals surface area contributed by atoms with Crippen molar-refractivity contribution in [2.24, 2.45) is 5.92 Å². The molecular formula is C17H25N3O3. The van der Waals surface area contributed by atoms with Crippen LogP contribution in [0.3, 0.4) is 0 Å². The number of hydrogen-bond donors (Lipinski definition) is 1. The van der Waals surface area contributed by atoms with Crippen LogP contribution >= 0.6 is 0 Å². The molecule has 1 aromatic heterocycles. The van der Waals surface area contributed by atoms with Crippen LogP contribution < -0.4 is 5.32 Å². The van der Waals surface area contributed by atoms with Gasteiger partial charge in [0, 0.05) is 38.9 Å². The second-order valence-electron chi connectivity index (χ2n) is 6.42. The minimum atomic E-state index is -0.0251. The summed E-state index contributed by atoms with van der Waals surface area (Å²) in [6.45, 7) is 2.26. The Hall–Kier alpha value is -1.82. The molecule has 23 heavy (non-hydrogen) atoms. The van der Waals surface area contributed by atoms with Crippen LogP contribution in [0.5, 0.6) is 0 Å². The lowest BCUT2D eigenvalue weighted by Gasteiger charge is -2.36. The Morgan fingerprint density at radius 2 is 2.17 bits per heavy atom. The van der Waals surface area contributed by atoms with E-state index in [1.54, 1.807) is 7.11 Å². The summed E-state index contributed by atoms with van der Waals surface area (Å²) >= 11 is 0. The second kappa shape index (κ2) is 7.17. The molecule has 126 valence electrons. The number of carbonyl (C=O) groups is 2. The van der Waals surface area contributed by atoms with Gasteiger partial charge in [0.2, 0.25) is 5.91 Å². The number of nitrogens with zero attached hydrogens (tertiary/aromatic N) is 2. The quantitative estimate of drug-likeness (QED) is 0.859. The minimum Gasteiger partial charge on any atom is -0.383 e. The molecule has 2 heterocycles. The van der Waals surface area contributed by atoms with Crippen LogP contribution in [-0.2, 0) is 16.1 Å². The van der Waals surface area contributed by atoms with Gasteiger partial charge in [-0.2, -0.15) is 0 Å². The molecule has 1 aromatic rings. The van der Waals surface area contributed by atoms with E-state index in [2.05, 4.69) is 5.32 Å². The fraction of sp³-hybridized carbons (Fsp3) is 0.647. The Kier molecular flexibility index (Phi) is 5.00. The van der Waals surface area contributed by atoms with Crippen molar-refractivity contribution in [2.75, 3.05) is 26.8 Å². The molecule has 2 aliphatic rings. The third-order valence-electron chi connectivity index (χ3n) is 4.93. The standard InChI is InChI=1S/C17H25N3O3/c1-23-10-9-20-14(11-18-16(21)13-5-2-3-6-13)12-19-8-4-7-15(19)17(20)22/h4,7-8,13-14H,2-3,5-6,9-12H2,1H3,(H,18,21). The lowest BCUT2D eigenvalue weighted by atomic mass is 10.1. The minimum absolute atomic E-state index is 0.0124. The molecule has 0 saturated heterocycles. The van der Waals surface area contributed by atoms with E-state index in [-0.39, 0.29) is 23.8 Å². The highest BCUT2D eigenvalue weighted by Gasteiger charge is 2.32.